The van der Waals surface area contributed by atoms with Crippen molar-refractivity contribution in [1.82, 2.24) is 14.5 Å². The van der Waals surface area contributed by atoms with E-state index >= 15 is 0 Å². The average molecular weight is 219 g/mol. The van der Waals surface area contributed by atoms with E-state index in [0.29, 0.717) is 11.4 Å². The molecule has 0 aliphatic rings. The fraction of sp³-hybridized carbons (Fsp3) is 0.273. The first kappa shape index (κ1) is 10.8. The quantitative estimate of drug-likeness (QED) is 0.787. The zero-order chi connectivity index (χ0) is 11.5. The van der Waals surface area contributed by atoms with Crippen LogP contribution in [0.15, 0.2) is 24.5 Å². The number of pyridine rings is 1. The summed E-state index contributed by atoms with van der Waals surface area (Å²) in [6.07, 6.45) is 3.52. The van der Waals surface area contributed by atoms with E-state index in [-0.39, 0.29) is 13.2 Å². The molecular weight excluding hydrogens is 206 g/mol. The molecule has 0 saturated carbocycles. The molecule has 0 spiro atoms. The SMILES string of the molecule is Cn1ccnc1-c1ccc(CO)nc1CO. The highest BCUT2D eigenvalue weighted by Crippen LogP contribution is 2.20. The summed E-state index contributed by atoms with van der Waals surface area (Å²) in [5.74, 6) is 0.751. The van der Waals surface area contributed by atoms with Gasteiger partial charge in [0.1, 0.15) is 5.82 Å². The lowest BCUT2D eigenvalue weighted by molar-refractivity contribution is 0.266. The first-order chi connectivity index (χ1) is 7.76. The average Bonchev–Trinajstić information content (AvgIpc) is 2.74. The molecule has 5 nitrogen and oxygen atoms in total. The second-order valence-corrected chi connectivity index (χ2v) is 3.47. The van der Waals surface area contributed by atoms with Gasteiger partial charge in [-0.2, -0.15) is 0 Å². The van der Waals surface area contributed by atoms with Crippen LogP contribution in [0.1, 0.15) is 11.4 Å². The Morgan fingerprint density at radius 2 is 2.06 bits per heavy atom. The normalized spacial score (nSPS) is 10.7. The second-order valence-electron chi connectivity index (χ2n) is 3.47. The minimum absolute atomic E-state index is 0.131. The molecule has 0 bridgehead atoms. The van der Waals surface area contributed by atoms with E-state index in [1.807, 2.05) is 23.9 Å². The number of aliphatic hydroxyl groups excluding tert-OH is 2. The Labute approximate surface area is 93.0 Å². The smallest absolute Gasteiger partial charge is 0.141 e. The summed E-state index contributed by atoms with van der Waals surface area (Å²) in [6, 6.07) is 3.54. The third-order valence-electron chi connectivity index (χ3n) is 2.41. The summed E-state index contributed by atoms with van der Waals surface area (Å²) < 4.78 is 1.86. The van der Waals surface area contributed by atoms with Gasteiger partial charge < -0.3 is 14.8 Å². The minimum atomic E-state index is -0.171. The van der Waals surface area contributed by atoms with Crippen molar-refractivity contribution in [1.29, 1.82) is 0 Å². The topological polar surface area (TPSA) is 71.2 Å². The summed E-state index contributed by atoms with van der Waals surface area (Å²) in [5.41, 5.74) is 1.86. The molecule has 0 radical (unpaired) electrons. The van der Waals surface area contributed by atoms with E-state index < -0.39 is 0 Å². The Bertz CT molecular complexity index is 494. The summed E-state index contributed by atoms with van der Waals surface area (Å²) in [6.45, 7) is -0.302. The van der Waals surface area contributed by atoms with E-state index in [2.05, 4.69) is 9.97 Å². The van der Waals surface area contributed by atoms with Gasteiger partial charge in [-0.3, -0.25) is 4.98 Å². The molecule has 2 N–H and O–H groups in total. The van der Waals surface area contributed by atoms with Gasteiger partial charge in [0.05, 0.1) is 24.6 Å². The highest BCUT2D eigenvalue weighted by atomic mass is 16.3. The number of hydrogen-bond donors (Lipinski definition) is 2. The highest BCUT2D eigenvalue weighted by Gasteiger charge is 2.10. The number of rotatable bonds is 3. The van der Waals surface area contributed by atoms with E-state index in [4.69, 9.17) is 5.11 Å². The summed E-state index contributed by atoms with van der Waals surface area (Å²) >= 11 is 0. The van der Waals surface area contributed by atoms with Crippen LogP contribution in [0, 0.1) is 0 Å². The van der Waals surface area contributed by atoms with Gasteiger partial charge in [-0.05, 0) is 12.1 Å². The zero-order valence-electron chi connectivity index (χ0n) is 8.96. The molecule has 0 fully saturated rings. The van der Waals surface area contributed by atoms with E-state index in [1.54, 1.807) is 12.3 Å². The number of nitrogens with zero attached hydrogens (tertiary/aromatic N) is 3. The monoisotopic (exact) mass is 219 g/mol. The zero-order valence-corrected chi connectivity index (χ0v) is 8.96. The molecule has 2 aromatic heterocycles. The van der Waals surface area contributed by atoms with Crippen LogP contribution in [0.2, 0.25) is 0 Å². The van der Waals surface area contributed by atoms with Crippen LogP contribution in [-0.4, -0.2) is 24.7 Å². The number of aromatic nitrogens is 3. The van der Waals surface area contributed by atoms with E-state index in [9.17, 15) is 5.11 Å². The van der Waals surface area contributed by atoms with Gasteiger partial charge in [-0.1, -0.05) is 0 Å². The molecule has 0 unspecified atom stereocenters. The van der Waals surface area contributed by atoms with Gasteiger partial charge in [-0.15, -0.1) is 0 Å². The third kappa shape index (κ3) is 1.82. The van der Waals surface area contributed by atoms with Crippen molar-refractivity contribution < 1.29 is 10.2 Å². The standard InChI is InChI=1S/C11H13N3O2/c1-14-5-4-12-11(14)9-3-2-8(6-15)13-10(9)7-16/h2-5,15-16H,6-7H2,1H3. The number of aliphatic hydroxyl groups is 2. The molecule has 16 heavy (non-hydrogen) atoms. The maximum atomic E-state index is 9.25. The summed E-state index contributed by atoms with van der Waals surface area (Å²) in [7, 11) is 1.88. The predicted molar refractivity (Wildman–Crippen MR) is 58.3 cm³/mol. The molecule has 0 amide bonds. The minimum Gasteiger partial charge on any atom is -0.390 e. The molecule has 0 atom stereocenters. The highest BCUT2D eigenvalue weighted by molar-refractivity contribution is 5.58. The summed E-state index contributed by atoms with van der Waals surface area (Å²) in [5, 5.41) is 18.2. The molecule has 0 aliphatic heterocycles. The largest absolute Gasteiger partial charge is 0.390 e. The fourth-order valence-corrected chi connectivity index (χ4v) is 1.58. The molecule has 0 saturated heterocycles. The Balaban J connectivity index is 2.53. The van der Waals surface area contributed by atoms with Crippen molar-refractivity contribution in [3.63, 3.8) is 0 Å². The van der Waals surface area contributed by atoms with Crippen LogP contribution in [-0.2, 0) is 20.3 Å². The van der Waals surface area contributed by atoms with Gasteiger partial charge in [0.25, 0.3) is 0 Å². The first-order valence-corrected chi connectivity index (χ1v) is 4.94. The van der Waals surface area contributed by atoms with E-state index in [0.717, 1.165) is 11.4 Å². The number of imidazole rings is 1. The lowest BCUT2D eigenvalue weighted by atomic mass is 10.1. The van der Waals surface area contributed by atoms with Crippen LogP contribution in [0.25, 0.3) is 11.4 Å². The van der Waals surface area contributed by atoms with Crippen molar-refractivity contribution in [3.8, 4) is 11.4 Å². The van der Waals surface area contributed by atoms with Crippen LogP contribution in [0.5, 0.6) is 0 Å². The van der Waals surface area contributed by atoms with Gasteiger partial charge in [0.15, 0.2) is 0 Å². The van der Waals surface area contributed by atoms with Gasteiger partial charge in [0.2, 0.25) is 0 Å². The lowest BCUT2D eigenvalue weighted by Gasteiger charge is -2.08. The Kier molecular flexibility index (Phi) is 2.98. The van der Waals surface area contributed by atoms with Crippen LogP contribution >= 0.6 is 0 Å². The molecule has 2 rings (SSSR count). The Morgan fingerprint density at radius 3 is 2.62 bits per heavy atom. The lowest BCUT2D eigenvalue weighted by Crippen LogP contribution is -2.01. The maximum absolute atomic E-state index is 9.25. The van der Waals surface area contributed by atoms with Crippen molar-refractivity contribution >= 4 is 0 Å². The maximum Gasteiger partial charge on any atom is 0.141 e. The van der Waals surface area contributed by atoms with Crippen molar-refractivity contribution in [2.45, 2.75) is 13.2 Å². The molecule has 84 valence electrons. The molecule has 5 heteroatoms. The van der Waals surface area contributed by atoms with Crippen molar-refractivity contribution in [3.05, 3.63) is 35.9 Å². The Morgan fingerprint density at radius 1 is 1.25 bits per heavy atom. The van der Waals surface area contributed by atoms with Gasteiger partial charge in [0, 0.05) is 25.0 Å². The Hall–Kier alpha value is -1.72. The molecule has 2 aromatic rings. The third-order valence-corrected chi connectivity index (χ3v) is 2.41. The van der Waals surface area contributed by atoms with Crippen LogP contribution in [0.4, 0.5) is 0 Å². The van der Waals surface area contributed by atoms with E-state index in [1.165, 1.54) is 0 Å². The van der Waals surface area contributed by atoms with Crippen LogP contribution < -0.4 is 0 Å². The van der Waals surface area contributed by atoms with Crippen molar-refractivity contribution in [2.24, 2.45) is 7.05 Å². The fourth-order valence-electron chi connectivity index (χ4n) is 1.58. The van der Waals surface area contributed by atoms with Crippen molar-refractivity contribution in [2.75, 3.05) is 0 Å². The number of aryl methyl sites for hydroxylation is 1. The summed E-state index contributed by atoms with van der Waals surface area (Å²) in [4.78, 5) is 8.35. The molecule has 0 aromatic carbocycles. The van der Waals surface area contributed by atoms with Gasteiger partial charge >= 0.3 is 0 Å². The second kappa shape index (κ2) is 4.42. The molecule has 0 aliphatic carbocycles. The number of hydrogen-bond acceptors (Lipinski definition) is 4. The first-order valence-electron chi connectivity index (χ1n) is 4.94. The molecular formula is C11H13N3O2. The van der Waals surface area contributed by atoms with Crippen LogP contribution in [0.3, 0.4) is 0 Å². The van der Waals surface area contributed by atoms with Gasteiger partial charge in [-0.25, -0.2) is 4.98 Å². The molecule has 2 heterocycles. The predicted octanol–water partition coefficient (Wildman–Crippen LogP) is 0.467.